The molecule has 0 aromatic carbocycles. The summed E-state index contributed by atoms with van der Waals surface area (Å²) in [4.78, 5) is 7.39. The molecular formula is C22H28F4N6OS2. The second kappa shape index (κ2) is 10.7. The predicted molar refractivity (Wildman–Crippen MR) is 132 cm³/mol. The first-order valence-corrected chi connectivity index (χ1v) is 12.8. The van der Waals surface area contributed by atoms with Crippen LogP contribution in [0.25, 0.3) is 5.52 Å². The van der Waals surface area contributed by atoms with E-state index in [2.05, 4.69) is 14.6 Å². The highest BCUT2D eigenvalue weighted by atomic mass is 32.2. The number of pyridine rings is 1. The van der Waals surface area contributed by atoms with Crippen LogP contribution in [0.1, 0.15) is 31.5 Å². The maximum Gasteiger partial charge on any atom is 0.257 e. The van der Waals surface area contributed by atoms with Crippen molar-refractivity contribution in [3.63, 3.8) is 0 Å². The number of piperidine rings is 1. The van der Waals surface area contributed by atoms with E-state index in [0.29, 0.717) is 25.8 Å². The Labute approximate surface area is 209 Å². The minimum Gasteiger partial charge on any atom is -0.380 e. The van der Waals surface area contributed by atoms with Crippen molar-refractivity contribution in [3.05, 3.63) is 24.3 Å². The third-order valence-corrected chi connectivity index (χ3v) is 8.41. The highest BCUT2D eigenvalue weighted by Gasteiger charge is 2.51. The van der Waals surface area contributed by atoms with E-state index in [1.807, 2.05) is 6.07 Å². The molecule has 5 rings (SSSR count). The largest absolute Gasteiger partial charge is 0.380 e. The number of fused-ring (bicyclic) bond motifs is 1. The summed E-state index contributed by atoms with van der Waals surface area (Å²) in [6, 6.07) is 1.98. The van der Waals surface area contributed by atoms with E-state index in [1.54, 1.807) is 16.8 Å². The van der Waals surface area contributed by atoms with Crippen molar-refractivity contribution in [2.75, 3.05) is 45.1 Å². The molecule has 3 fully saturated rings. The van der Waals surface area contributed by atoms with Gasteiger partial charge in [0.25, 0.3) is 6.43 Å². The van der Waals surface area contributed by atoms with Crippen LogP contribution in [-0.2, 0) is 4.74 Å². The maximum absolute atomic E-state index is 13.4. The maximum atomic E-state index is 13.4. The zero-order chi connectivity index (χ0) is 25.2. The molecule has 2 aliphatic heterocycles. The molecule has 1 aliphatic carbocycles. The van der Waals surface area contributed by atoms with Gasteiger partial charge < -0.3 is 9.64 Å². The summed E-state index contributed by atoms with van der Waals surface area (Å²) in [5.74, 6) is 0.299. The Balaban J connectivity index is 0.00000141. The van der Waals surface area contributed by atoms with Gasteiger partial charge in [-0.25, -0.2) is 22.9 Å². The Bertz CT molecular complexity index is 1080. The molecule has 3 aliphatic rings. The van der Waals surface area contributed by atoms with Crippen LogP contribution in [0.3, 0.4) is 0 Å². The molecule has 13 heteroatoms. The van der Waals surface area contributed by atoms with E-state index in [0.717, 1.165) is 79.0 Å². The fourth-order valence-corrected chi connectivity index (χ4v) is 5.78. The molecular weight excluding hydrogens is 504 g/mol. The third kappa shape index (κ3) is 5.32. The SMILES string of the molecule is CF.N=C(CF)SC(=N)c1ncc2c(N3CCC4(CC3)COC4)cc(SNC3(C(F)F)CC3)cn12. The lowest BCUT2D eigenvalue weighted by atomic mass is 9.77. The standard InChI is InChI=1S/C21H25F3N6OS2.CH3F/c22-8-16(25)32-17(26)18-27-9-15-14(29-5-3-20(4-6-29)11-31-12-20)7-13(10-30(15)18)33-28-21(1-2-21)19(23)24;1-2/h7,9-10,19,25-26,28H,1-6,8,11-12H2;1H3. The topological polar surface area (TPSA) is 89.5 Å². The van der Waals surface area contributed by atoms with Crippen LogP contribution in [0, 0.1) is 16.2 Å². The van der Waals surface area contributed by atoms with Crippen LogP contribution in [0.2, 0.25) is 0 Å². The average molecular weight is 533 g/mol. The van der Waals surface area contributed by atoms with Gasteiger partial charge in [-0.15, -0.1) is 0 Å². The Morgan fingerprint density at radius 1 is 1.20 bits per heavy atom. The van der Waals surface area contributed by atoms with Crippen molar-refractivity contribution >= 4 is 45.0 Å². The molecule has 0 bridgehead atoms. The molecule has 2 saturated heterocycles. The van der Waals surface area contributed by atoms with E-state index in [9.17, 15) is 17.6 Å². The number of hydrogen-bond donors (Lipinski definition) is 3. The molecule has 3 N–H and O–H groups in total. The number of imidazole rings is 1. The van der Waals surface area contributed by atoms with Crippen molar-refractivity contribution in [2.45, 2.75) is 42.5 Å². The number of nitrogens with one attached hydrogen (secondary N) is 3. The number of anilines is 1. The molecule has 7 nitrogen and oxygen atoms in total. The molecule has 2 aromatic heterocycles. The summed E-state index contributed by atoms with van der Waals surface area (Å²) in [6.07, 6.45) is 3.92. The van der Waals surface area contributed by atoms with Crippen molar-refractivity contribution in [3.8, 4) is 0 Å². The van der Waals surface area contributed by atoms with Gasteiger partial charge in [-0.2, -0.15) is 0 Å². The number of hydrogen-bond acceptors (Lipinski definition) is 8. The summed E-state index contributed by atoms with van der Waals surface area (Å²) in [5, 5.41) is 15.6. The van der Waals surface area contributed by atoms with Gasteiger partial charge in [0, 0.05) is 29.6 Å². The Morgan fingerprint density at radius 3 is 2.43 bits per heavy atom. The van der Waals surface area contributed by atoms with Crippen LogP contribution >= 0.6 is 23.7 Å². The zero-order valence-corrected chi connectivity index (χ0v) is 20.9. The summed E-state index contributed by atoms with van der Waals surface area (Å²) < 4.78 is 59.2. The van der Waals surface area contributed by atoms with E-state index in [-0.39, 0.29) is 15.5 Å². The van der Waals surface area contributed by atoms with Crippen LogP contribution in [0.5, 0.6) is 0 Å². The Kier molecular flexibility index (Phi) is 7.99. The van der Waals surface area contributed by atoms with Crippen LogP contribution < -0.4 is 9.62 Å². The second-order valence-corrected chi connectivity index (χ2v) is 11.0. The fourth-order valence-electron chi connectivity index (χ4n) is 4.29. The first-order valence-electron chi connectivity index (χ1n) is 11.2. The van der Waals surface area contributed by atoms with Crippen molar-refractivity contribution in [2.24, 2.45) is 5.41 Å². The lowest BCUT2D eigenvalue weighted by molar-refractivity contribution is -0.124. The highest BCUT2D eigenvalue weighted by molar-refractivity contribution is 8.26. The number of rotatable bonds is 7. The minimum absolute atomic E-state index is 0.0332. The van der Waals surface area contributed by atoms with Gasteiger partial charge in [-0.1, -0.05) is 0 Å². The highest BCUT2D eigenvalue weighted by Crippen LogP contribution is 2.44. The minimum atomic E-state index is -2.43. The van der Waals surface area contributed by atoms with Gasteiger partial charge in [0.2, 0.25) is 0 Å². The number of ether oxygens (including phenoxy) is 1. The molecule has 2 aromatic rings. The normalized spacial score (nSPS) is 19.9. The smallest absolute Gasteiger partial charge is 0.257 e. The third-order valence-electron chi connectivity index (χ3n) is 6.70. The first kappa shape index (κ1) is 26.2. The van der Waals surface area contributed by atoms with Gasteiger partial charge >= 0.3 is 0 Å². The van der Waals surface area contributed by atoms with Gasteiger partial charge in [0.1, 0.15) is 16.8 Å². The molecule has 0 unspecified atom stereocenters. The summed E-state index contributed by atoms with van der Waals surface area (Å²) in [6.45, 7) is 2.36. The van der Waals surface area contributed by atoms with E-state index >= 15 is 0 Å². The summed E-state index contributed by atoms with van der Waals surface area (Å²) in [5.41, 5.74) is 0.851. The Hall–Kier alpha value is -1.83. The lowest BCUT2D eigenvalue weighted by Gasteiger charge is -2.48. The molecule has 0 radical (unpaired) electrons. The molecule has 0 atom stereocenters. The number of halogens is 4. The second-order valence-electron chi connectivity index (χ2n) is 9.03. The number of nitrogens with zero attached hydrogens (tertiary/aromatic N) is 3. The molecule has 0 amide bonds. The van der Waals surface area contributed by atoms with Crippen molar-refractivity contribution in [1.29, 1.82) is 10.8 Å². The van der Waals surface area contributed by atoms with E-state index < -0.39 is 18.6 Å². The summed E-state index contributed by atoms with van der Waals surface area (Å²) in [7, 11) is 0.500. The molecule has 1 spiro atoms. The van der Waals surface area contributed by atoms with Gasteiger partial charge in [0.05, 0.1) is 43.3 Å². The lowest BCUT2D eigenvalue weighted by Crippen LogP contribution is -2.51. The average Bonchev–Trinajstić information content (AvgIpc) is 3.54. The monoisotopic (exact) mass is 532 g/mol. The van der Waals surface area contributed by atoms with Gasteiger partial charge in [-0.05, 0) is 55.5 Å². The zero-order valence-electron chi connectivity index (χ0n) is 19.3. The first-order chi connectivity index (χ1) is 16.8. The molecule has 4 heterocycles. The number of thioether (sulfide) groups is 1. The van der Waals surface area contributed by atoms with Crippen LogP contribution in [0.15, 0.2) is 23.4 Å². The molecule has 1 saturated carbocycles. The van der Waals surface area contributed by atoms with Crippen LogP contribution in [0.4, 0.5) is 23.2 Å². The van der Waals surface area contributed by atoms with Crippen LogP contribution in [-0.4, -0.2) is 71.6 Å². The van der Waals surface area contributed by atoms with Crippen molar-refractivity contribution in [1.82, 2.24) is 14.1 Å². The van der Waals surface area contributed by atoms with Crippen molar-refractivity contribution < 1.29 is 22.3 Å². The fraction of sp³-hybridized carbons (Fsp3) is 0.591. The molecule has 192 valence electrons. The molecule has 35 heavy (non-hydrogen) atoms. The predicted octanol–water partition coefficient (Wildman–Crippen LogP) is 4.94. The Morgan fingerprint density at radius 2 is 1.89 bits per heavy atom. The van der Waals surface area contributed by atoms with Gasteiger partial charge in [-0.3, -0.25) is 19.6 Å². The summed E-state index contributed by atoms with van der Waals surface area (Å²) >= 11 is 1.88. The number of alkyl halides is 4. The van der Waals surface area contributed by atoms with E-state index in [1.165, 1.54) is 0 Å². The quantitative estimate of drug-likeness (QED) is 0.203. The number of aromatic nitrogens is 2. The van der Waals surface area contributed by atoms with E-state index in [4.69, 9.17) is 15.6 Å². The van der Waals surface area contributed by atoms with Gasteiger partial charge in [0.15, 0.2) is 5.82 Å².